The SMILES string of the molecule is COc1ccc(C(=O)N(CC(=O)N(Cc2ccc3c(c2)OCO3)Cc2ccc(C)o2)CC2CCCO2)c(OC)c1. The number of carbonyl (C=O) groups excluding carboxylic acids is 2. The molecule has 3 aromatic rings. The van der Waals surface area contributed by atoms with Gasteiger partial charge in [0.25, 0.3) is 5.91 Å². The van der Waals surface area contributed by atoms with Crippen molar-refractivity contribution in [1.29, 1.82) is 0 Å². The first kappa shape index (κ1) is 27.4. The number of aryl methyl sites for hydroxylation is 1. The van der Waals surface area contributed by atoms with Gasteiger partial charge in [0.05, 0.1) is 32.4 Å². The summed E-state index contributed by atoms with van der Waals surface area (Å²) in [7, 11) is 3.05. The number of methoxy groups -OCH3 is 2. The molecule has 212 valence electrons. The molecule has 0 N–H and O–H groups in total. The Morgan fingerprint density at radius 1 is 0.950 bits per heavy atom. The molecule has 3 heterocycles. The van der Waals surface area contributed by atoms with Crippen molar-refractivity contribution in [3.05, 3.63) is 71.2 Å². The summed E-state index contributed by atoms with van der Waals surface area (Å²) in [5.41, 5.74) is 1.22. The predicted octanol–water partition coefficient (Wildman–Crippen LogP) is 4.18. The average molecular weight is 551 g/mol. The second-order valence-corrected chi connectivity index (χ2v) is 9.84. The molecule has 10 nitrogen and oxygen atoms in total. The molecule has 0 aliphatic carbocycles. The van der Waals surface area contributed by atoms with Gasteiger partial charge in [-0.05, 0) is 61.7 Å². The van der Waals surface area contributed by atoms with Gasteiger partial charge in [0, 0.05) is 25.8 Å². The van der Waals surface area contributed by atoms with Gasteiger partial charge in [-0.15, -0.1) is 0 Å². The minimum absolute atomic E-state index is 0.141. The lowest BCUT2D eigenvalue weighted by molar-refractivity contribution is -0.133. The van der Waals surface area contributed by atoms with E-state index < -0.39 is 0 Å². The average Bonchev–Trinajstić information content (AvgIpc) is 3.74. The van der Waals surface area contributed by atoms with Crippen molar-refractivity contribution in [2.75, 3.05) is 40.7 Å². The number of rotatable bonds is 11. The zero-order chi connectivity index (χ0) is 28.1. The fourth-order valence-electron chi connectivity index (χ4n) is 4.91. The van der Waals surface area contributed by atoms with Gasteiger partial charge < -0.3 is 37.9 Å². The highest BCUT2D eigenvalue weighted by Gasteiger charge is 2.29. The van der Waals surface area contributed by atoms with Crippen molar-refractivity contribution in [3.8, 4) is 23.0 Å². The van der Waals surface area contributed by atoms with Crippen LogP contribution in [0.4, 0.5) is 0 Å². The Kier molecular flexibility index (Phi) is 8.45. The number of hydrogen-bond donors (Lipinski definition) is 0. The fourth-order valence-corrected chi connectivity index (χ4v) is 4.91. The van der Waals surface area contributed by atoms with Crippen LogP contribution >= 0.6 is 0 Å². The van der Waals surface area contributed by atoms with Gasteiger partial charge in [0.1, 0.15) is 29.6 Å². The number of carbonyl (C=O) groups is 2. The molecular weight excluding hydrogens is 516 g/mol. The molecule has 1 aromatic heterocycles. The first-order chi connectivity index (χ1) is 19.4. The summed E-state index contributed by atoms with van der Waals surface area (Å²) < 4.78 is 33.4. The third-order valence-electron chi connectivity index (χ3n) is 7.01. The third-order valence-corrected chi connectivity index (χ3v) is 7.01. The molecule has 1 atom stereocenters. The minimum Gasteiger partial charge on any atom is -0.497 e. The molecule has 2 amide bonds. The molecule has 10 heteroatoms. The second kappa shape index (κ2) is 12.3. The standard InChI is InChI=1S/C30H34N2O8/c1-20-6-8-24(40-20)17-31(15-21-7-11-26-28(13-21)39-19-38-26)29(33)18-32(16-23-5-4-12-37-23)30(34)25-10-9-22(35-2)14-27(25)36-3/h6-11,13-14,23H,4-5,12,15-19H2,1-3H3. The van der Waals surface area contributed by atoms with Gasteiger partial charge in [0.15, 0.2) is 11.5 Å². The second-order valence-electron chi connectivity index (χ2n) is 9.84. The van der Waals surface area contributed by atoms with Gasteiger partial charge >= 0.3 is 0 Å². The van der Waals surface area contributed by atoms with E-state index in [2.05, 4.69) is 0 Å². The van der Waals surface area contributed by atoms with E-state index in [1.807, 2.05) is 37.3 Å². The van der Waals surface area contributed by atoms with Crippen molar-refractivity contribution in [1.82, 2.24) is 9.80 Å². The first-order valence-corrected chi connectivity index (χ1v) is 13.3. The molecule has 5 rings (SSSR count). The number of benzene rings is 2. The highest BCUT2D eigenvalue weighted by atomic mass is 16.7. The summed E-state index contributed by atoms with van der Waals surface area (Å²) in [5, 5.41) is 0. The Labute approximate surface area is 233 Å². The monoisotopic (exact) mass is 550 g/mol. The summed E-state index contributed by atoms with van der Waals surface area (Å²) in [5.74, 6) is 3.11. The normalized spacial score (nSPS) is 15.6. The molecule has 2 aromatic carbocycles. The van der Waals surface area contributed by atoms with Crippen molar-refractivity contribution < 1.29 is 37.7 Å². The summed E-state index contributed by atoms with van der Waals surface area (Å²) in [6.45, 7) is 3.36. The first-order valence-electron chi connectivity index (χ1n) is 13.3. The number of furan rings is 1. The highest BCUT2D eigenvalue weighted by Crippen LogP contribution is 2.33. The van der Waals surface area contributed by atoms with Gasteiger partial charge in [-0.2, -0.15) is 0 Å². The Morgan fingerprint density at radius 2 is 1.80 bits per heavy atom. The van der Waals surface area contributed by atoms with E-state index >= 15 is 0 Å². The van der Waals surface area contributed by atoms with Crippen LogP contribution in [0.2, 0.25) is 0 Å². The Bertz CT molecular complexity index is 1350. The molecule has 0 radical (unpaired) electrons. The zero-order valence-corrected chi connectivity index (χ0v) is 23.0. The van der Waals surface area contributed by atoms with E-state index in [0.29, 0.717) is 47.5 Å². The molecule has 0 saturated carbocycles. The molecule has 40 heavy (non-hydrogen) atoms. The van der Waals surface area contributed by atoms with Gasteiger partial charge in [-0.1, -0.05) is 6.07 Å². The van der Waals surface area contributed by atoms with Gasteiger partial charge in [-0.3, -0.25) is 9.59 Å². The van der Waals surface area contributed by atoms with Crippen LogP contribution in [-0.2, 0) is 22.6 Å². The molecule has 0 spiro atoms. The minimum atomic E-state index is -0.319. The number of hydrogen-bond acceptors (Lipinski definition) is 8. The maximum absolute atomic E-state index is 13.9. The van der Waals surface area contributed by atoms with Gasteiger partial charge in [0.2, 0.25) is 12.7 Å². The zero-order valence-electron chi connectivity index (χ0n) is 23.0. The number of amides is 2. The molecule has 2 aliphatic heterocycles. The van der Waals surface area contributed by atoms with E-state index in [-0.39, 0.29) is 44.3 Å². The van der Waals surface area contributed by atoms with Crippen LogP contribution < -0.4 is 18.9 Å². The lowest BCUT2D eigenvalue weighted by atomic mass is 10.1. The smallest absolute Gasteiger partial charge is 0.258 e. The third kappa shape index (κ3) is 6.34. The summed E-state index contributed by atoms with van der Waals surface area (Å²) in [4.78, 5) is 31.0. The highest BCUT2D eigenvalue weighted by molar-refractivity contribution is 5.99. The van der Waals surface area contributed by atoms with Crippen molar-refractivity contribution in [2.24, 2.45) is 0 Å². The largest absolute Gasteiger partial charge is 0.497 e. The lowest BCUT2D eigenvalue weighted by Gasteiger charge is -2.29. The molecule has 1 unspecified atom stereocenters. The summed E-state index contributed by atoms with van der Waals surface area (Å²) in [6.07, 6.45) is 1.60. The van der Waals surface area contributed by atoms with Crippen LogP contribution in [0.3, 0.4) is 0 Å². The van der Waals surface area contributed by atoms with E-state index in [4.69, 9.17) is 28.1 Å². The van der Waals surface area contributed by atoms with Crippen LogP contribution in [0.5, 0.6) is 23.0 Å². The Balaban J connectivity index is 1.40. The van der Waals surface area contributed by atoms with Gasteiger partial charge in [-0.25, -0.2) is 0 Å². The lowest BCUT2D eigenvalue weighted by Crippen LogP contribution is -2.45. The number of nitrogens with zero attached hydrogens (tertiary/aromatic N) is 2. The molecule has 0 bridgehead atoms. The van der Waals surface area contributed by atoms with E-state index in [1.165, 1.54) is 7.11 Å². The van der Waals surface area contributed by atoms with Crippen LogP contribution in [-0.4, -0.2) is 68.4 Å². The fraction of sp³-hybridized carbons (Fsp3) is 0.400. The summed E-state index contributed by atoms with van der Waals surface area (Å²) in [6, 6.07) is 14.3. The molecule has 1 fully saturated rings. The number of fused-ring (bicyclic) bond motifs is 1. The molecule has 2 aliphatic rings. The van der Waals surface area contributed by atoms with E-state index in [1.54, 1.807) is 35.1 Å². The molecule has 1 saturated heterocycles. The van der Waals surface area contributed by atoms with Crippen LogP contribution in [0, 0.1) is 6.92 Å². The van der Waals surface area contributed by atoms with Crippen LogP contribution in [0.1, 0.15) is 40.3 Å². The van der Waals surface area contributed by atoms with Crippen LogP contribution in [0.25, 0.3) is 0 Å². The summed E-state index contributed by atoms with van der Waals surface area (Å²) >= 11 is 0. The maximum Gasteiger partial charge on any atom is 0.258 e. The van der Waals surface area contributed by atoms with E-state index in [9.17, 15) is 9.59 Å². The van der Waals surface area contributed by atoms with Crippen molar-refractivity contribution in [3.63, 3.8) is 0 Å². The number of ether oxygens (including phenoxy) is 5. The quantitative estimate of drug-likeness (QED) is 0.351. The van der Waals surface area contributed by atoms with Crippen molar-refractivity contribution in [2.45, 2.75) is 39.0 Å². The Hall–Kier alpha value is -4.18. The maximum atomic E-state index is 13.9. The van der Waals surface area contributed by atoms with Crippen molar-refractivity contribution >= 4 is 11.8 Å². The topological polar surface area (TPSA) is 99.9 Å². The van der Waals surface area contributed by atoms with Crippen LogP contribution in [0.15, 0.2) is 52.9 Å². The molecular formula is C30H34N2O8. The van der Waals surface area contributed by atoms with E-state index in [0.717, 1.165) is 24.2 Å². The predicted molar refractivity (Wildman–Crippen MR) is 145 cm³/mol. The Morgan fingerprint density at radius 3 is 2.52 bits per heavy atom.